The first kappa shape index (κ1) is 33.6. The summed E-state index contributed by atoms with van der Waals surface area (Å²) in [4.78, 5) is 2.47. The molecule has 9 aromatic carbocycles. The van der Waals surface area contributed by atoms with Gasteiger partial charge in [0.25, 0.3) is 0 Å². The zero-order valence-corrected chi connectivity index (χ0v) is 33.4. The lowest BCUT2D eigenvalue weighted by Crippen LogP contribution is -2.37. The largest absolute Gasteiger partial charge is 0.310 e. The molecule has 57 heavy (non-hydrogen) atoms. The van der Waals surface area contributed by atoms with Gasteiger partial charge in [0.15, 0.2) is 0 Å². The van der Waals surface area contributed by atoms with Crippen LogP contribution in [0.1, 0.15) is 22.3 Å². The highest BCUT2D eigenvalue weighted by molar-refractivity contribution is 6.88. The Morgan fingerprint density at radius 1 is 0.421 bits per heavy atom. The summed E-state index contributed by atoms with van der Waals surface area (Å²) in [5.41, 5.74) is 11.7. The summed E-state index contributed by atoms with van der Waals surface area (Å²) in [6.45, 7) is 7.32. The van der Waals surface area contributed by atoms with Gasteiger partial charge in [0.2, 0.25) is 0 Å². The molecule has 0 fully saturated rings. The fourth-order valence-corrected chi connectivity index (χ4v) is 10.9. The van der Waals surface area contributed by atoms with Crippen molar-refractivity contribution in [3.8, 4) is 5.69 Å². The molecule has 0 unspecified atom stereocenters. The van der Waals surface area contributed by atoms with Crippen LogP contribution < -0.4 is 10.1 Å². The predicted octanol–water partition coefficient (Wildman–Crippen LogP) is 13.8. The zero-order chi connectivity index (χ0) is 38.3. The smallest absolute Gasteiger partial charge is 0.0776 e. The summed E-state index contributed by atoms with van der Waals surface area (Å²) < 4.78 is 2.43. The number of aromatic nitrogens is 1. The third-order valence-electron chi connectivity index (χ3n) is 12.3. The highest BCUT2D eigenvalue weighted by Crippen LogP contribution is 2.57. The second-order valence-electron chi connectivity index (χ2n) is 16.6. The van der Waals surface area contributed by atoms with Crippen molar-refractivity contribution < 1.29 is 0 Å². The third kappa shape index (κ3) is 5.02. The molecule has 2 nitrogen and oxygen atoms in total. The minimum absolute atomic E-state index is 0.497. The second kappa shape index (κ2) is 12.7. The lowest BCUT2D eigenvalue weighted by molar-refractivity contribution is 0.771. The molecule has 0 N–H and O–H groups in total. The fourth-order valence-electron chi connectivity index (χ4n) is 9.77. The molecule has 0 amide bonds. The van der Waals surface area contributed by atoms with Gasteiger partial charge < -0.3 is 9.47 Å². The number of fused-ring (bicyclic) bond motifs is 3. The topological polar surface area (TPSA) is 8.17 Å². The molecule has 1 aliphatic carbocycles. The van der Waals surface area contributed by atoms with Gasteiger partial charge in [0.05, 0.1) is 24.5 Å². The molecule has 1 aromatic heterocycles. The Hall–Kier alpha value is -6.68. The van der Waals surface area contributed by atoms with Crippen LogP contribution in [0.3, 0.4) is 0 Å². The normalized spacial score (nSPS) is 13.3. The summed E-state index contributed by atoms with van der Waals surface area (Å²) >= 11 is 0. The first-order chi connectivity index (χ1) is 27.9. The summed E-state index contributed by atoms with van der Waals surface area (Å²) in [6.07, 6.45) is 0. The average molecular weight is 747 g/mol. The van der Waals surface area contributed by atoms with E-state index in [1.165, 1.54) is 76.5 Å². The number of benzene rings is 9. The van der Waals surface area contributed by atoms with Crippen molar-refractivity contribution in [2.75, 3.05) is 4.90 Å². The van der Waals surface area contributed by atoms with Crippen LogP contribution in [0.15, 0.2) is 200 Å². The number of hydrogen-bond donors (Lipinski definition) is 0. The van der Waals surface area contributed by atoms with Gasteiger partial charge in [-0.05, 0) is 104 Å². The van der Waals surface area contributed by atoms with Gasteiger partial charge in [-0.2, -0.15) is 0 Å². The maximum Gasteiger partial charge on any atom is 0.0776 e. The maximum absolute atomic E-state index is 2.50. The molecule has 0 saturated carbocycles. The van der Waals surface area contributed by atoms with E-state index in [-0.39, 0.29) is 0 Å². The Kier molecular flexibility index (Phi) is 7.48. The van der Waals surface area contributed by atoms with E-state index in [9.17, 15) is 0 Å². The molecule has 10 aromatic rings. The van der Waals surface area contributed by atoms with Crippen LogP contribution in [0.4, 0.5) is 17.1 Å². The Morgan fingerprint density at radius 2 is 1.00 bits per heavy atom. The minimum atomic E-state index is -1.59. The Morgan fingerprint density at radius 3 is 1.67 bits per heavy atom. The van der Waals surface area contributed by atoms with E-state index >= 15 is 0 Å². The van der Waals surface area contributed by atoms with Gasteiger partial charge in [-0.1, -0.05) is 164 Å². The van der Waals surface area contributed by atoms with E-state index in [2.05, 4.69) is 229 Å². The second-order valence-corrected chi connectivity index (χ2v) is 21.6. The van der Waals surface area contributed by atoms with E-state index in [1.807, 2.05) is 0 Å². The Bertz CT molecular complexity index is 3100. The van der Waals surface area contributed by atoms with Gasteiger partial charge >= 0.3 is 0 Å². The van der Waals surface area contributed by atoms with E-state index in [1.54, 1.807) is 0 Å². The monoisotopic (exact) mass is 746 g/mol. The van der Waals surface area contributed by atoms with Crippen molar-refractivity contribution >= 4 is 73.7 Å². The standard InChI is InChI=1S/C54H42N2Si/c1-57(2,3)45-30-32-51-47(36-45)46-34-43(29-31-50(46)56(51)42-24-14-7-15-25-42)55(41-22-12-6-13-23-41)44-33-38-28-27-37-17-16-26-48-52(37)53(38)49(35-44)54(48,39-18-8-4-9-19-39)40-20-10-5-11-21-40/h4-36H,1-3H3. The van der Waals surface area contributed by atoms with Crippen molar-refractivity contribution in [3.63, 3.8) is 0 Å². The predicted molar refractivity (Wildman–Crippen MR) is 245 cm³/mol. The van der Waals surface area contributed by atoms with Gasteiger partial charge in [-0.25, -0.2) is 0 Å². The molecule has 0 aliphatic heterocycles. The van der Waals surface area contributed by atoms with Crippen molar-refractivity contribution in [2.45, 2.75) is 25.1 Å². The van der Waals surface area contributed by atoms with Crippen LogP contribution >= 0.6 is 0 Å². The van der Waals surface area contributed by atoms with Crippen LogP contribution in [0.2, 0.25) is 19.6 Å². The molecule has 3 heteroatoms. The minimum Gasteiger partial charge on any atom is -0.310 e. The van der Waals surface area contributed by atoms with Gasteiger partial charge in [0.1, 0.15) is 0 Å². The van der Waals surface area contributed by atoms with Crippen LogP contribution in [-0.2, 0) is 5.41 Å². The third-order valence-corrected chi connectivity index (χ3v) is 14.4. The lowest BCUT2D eigenvalue weighted by Gasteiger charge is -2.35. The SMILES string of the molecule is C[Si](C)(C)c1ccc2c(c1)c1cc(N(c3ccccc3)c3cc4c5c(ccc6cccc(c65)C4(c4ccccc4)c4ccccc4)c3)ccc1n2-c1ccccc1. The average Bonchev–Trinajstić information content (AvgIpc) is 3.75. The van der Waals surface area contributed by atoms with E-state index < -0.39 is 13.5 Å². The highest BCUT2D eigenvalue weighted by Gasteiger charge is 2.45. The molecular formula is C54H42N2Si. The molecule has 1 heterocycles. The van der Waals surface area contributed by atoms with Crippen LogP contribution in [-0.4, -0.2) is 12.6 Å². The lowest BCUT2D eigenvalue weighted by atomic mass is 9.67. The van der Waals surface area contributed by atoms with Crippen molar-refractivity contribution in [3.05, 3.63) is 222 Å². The molecule has 272 valence electrons. The van der Waals surface area contributed by atoms with Crippen LogP contribution in [0.5, 0.6) is 0 Å². The summed E-state index contributed by atoms with van der Waals surface area (Å²) in [5, 5.41) is 9.24. The van der Waals surface area contributed by atoms with Crippen LogP contribution in [0, 0.1) is 0 Å². The molecular weight excluding hydrogens is 705 g/mol. The quantitative estimate of drug-likeness (QED) is 0.116. The maximum atomic E-state index is 2.50. The molecule has 0 spiro atoms. The zero-order valence-electron chi connectivity index (χ0n) is 32.4. The van der Waals surface area contributed by atoms with E-state index in [4.69, 9.17) is 0 Å². The summed E-state index contributed by atoms with van der Waals surface area (Å²) in [6, 6.07) is 74.7. The molecule has 11 rings (SSSR count). The Balaban J connectivity index is 1.22. The van der Waals surface area contributed by atoms with E-state index in [0.29, 0.717) is 0 Å². The number of nitrogens with zero attached hydrogens (tertiary/aromatic N) is 2. The number of para-hydroxylation sites is 2. The van der Waals surface area contributed by atoms with Gasteiger partial charge in [-0.3, -0.25) is 0 Å². The number of anilines is 3. The van der Waals surface area contributed by atoms with Crippen molar-refractivity contribution in [2.24, 2.45) is 0 Å². The molecule has 0 atom stereocenters. The first-order valence-electron chi connectivity index (χ1n) is 20.0. The number of rotatable bonds is 7. The van der Waals surface area contributed by atoms with Crippen molar-refractivity contribution in [1.82, 2.24) is 4.57 Å². The van der Waals surface area contributed by atoms with E-state index in [0.717, 1.165) is 17.1 Å². The first-order valence-corrected chi connectivity index (χ1v) is 23.5. The summed E-state index contributed by atoms with van der Waals surface area (Å²) in [5.74, 6) is 0. The number of hydrogen-bond acceptors (Lipinski definition) is 1. The van der Waals surface area contributed by atoms with Crippen LogP contribution in [0.25, 0.3) is 49.0 Å². The van der Waals surface area contributed by atoms with Gasteiger partial charge in [0, 0.05) is 33.5 Å². The molecule has 0 bridgehead atoms. The Labute approximate surface area is 334 Å². The summed E-state index contributed by atoms with van der Waals surface area (Å²) in [7, 11) is -1.59. The molecule has 0 radical (unpaired) electrons. The molecule has 0 saturated heterocycles. The highest BCUT2D eigenvalue weighted by atomic mass is 28.3. The molecule has 1 aliphatic rings. The van der Waals surface area contributed by atoms with Gasteiger partial charge in [-0.15, -0.1) is 0 Å². The van der Waals surface area contributed by atoms with Crippen molar-refractivity contribution in [1.29, 1.82) is 0 Å². The fraction of sp³-hybridized carbons (Fsp3) is 0.0741.